The number of aryl methyl sites for hydroxylation is 2. The van der Waals surface area contributed by atoms with Crippen LogP contribution in [0.2, 0.25) is 5.02 Å². The third-order valence-electron chi connectivity index (χ3n) is 3.50. The Morgan fingerprint density at radius 1 is 1.22 bits per heavy atom. The lowest BCUT2D eigenvalue weighted by Crippen LogP contribution is -2.36. The number of hydrogen-bond acceptors (Lipinski definition) is 2. The molecule has 3 nitrogen and oxygen atoms in total. The molecule has 1 N–H and O–H groups in total. The van der Waals surface area contributed by atoms with Gasteiger partial charge in [0.05, 0.1) is 0 Å². The lowest BCUT2D eigenvalue weighted by atomic mass is 10.1. The fourth-order valence-electron chi connectivity index (χ4n) is 2.31. The second kappa shape index (κ2) is 8.59. The number of carbonyl (C=O) groups is 1. The van der Waals surface area contributed by atoms with Crippen LogP contribution in [0.3, 0.4) is 0 Å². The minimum absolute atomic E-state index is 0.116. The molecule has 0 unspecified atom stereocenters. The summed E-state index contributed by atoms with van der Waals surface area (Å²) in [5, 5.41) is 3.50. The highest BCUT2D eigenvalue weighted by molar-refractivity contribution is 6.30. The zero-order chi connectivity index (χ0) is 16.7. The van der Waals surface area contributed by atoms with E-state index in [4.69, 9.17) is 16.3 Å². The Balaban J connectivity index is 1.71. The predicted molar refractivity (Wildman–Crippen MR) is 94.1 cm³/mol. The number of halogens is 1. The van der Waals surface area contributed by atoms with Gasteiger partial charge in [-0.3, -0.25) is 4.79 Å². The van der Waals surface area contributed by atoms with E-state index in [1.54, 1.807) is 31.2 Å². The molecule has 122 valence electrons. The van der Waals surface area contributed by atoms with Crippen molar-refractivity contribution in [3.63, 3.8) is 0 Å². The van der Waals surface area contributed by atoms with Crippen LogP contribution in [0.4, 0.5) is 0 Å². The molecule has 2 aromatic rings. The van der Waals surface area contributed by atoms with Crippen molar-refractivity contribution in [1.82, 2.24) is 5.32 Å². The van der Waals surface area contributed by atoms with Gasteiger partial charge in [-0.15, -0.1) is 0 Å². The van der Waals surface area contributed by atoms with Gasteiger partial charge in [-0.25, -0.2) is 0 Å². The number of hydrogen-bond donors (Lipinski definition) is 1. The van der Waals surface area contributed by atoms with Crippen LogP contribution < -0.4 is 10.1 Å². The number of ether oxygens (including phenoxy) is 1. The minimum Gasteiger partial charge on any atom is -0.481 e. The van der Waals surface area contributed by atoms with Crippen molar-refractivity contribution in [2.75, 3.05) is 6.54 Å². The second-order valence-corrected chi connectivity index (χ2v) is 6.04. The van der Waals surface area contributed by atoms with Crippen molar-refractivity contribution in [3.05, 3.63) is 64.7 Å². The van der Waals surface area contributed by atoms with Crippen LogP contribution in [-0.2, 0) is 11.2 Å². The van der Waals surface area contributed by atoms with Crippen LogP contribution >= 0.6 is 11.6 Å². The van der Waals surface area contributed by atoms with E-state index in [0.717, 1.165) is 12.8 Å². The average Bonchev–Trinajstić information content (AvgIpc) is 2.51. The van der Waals surface area contributed by atoms with Crippen LogP contribution in [0, 0.1) is 6.92 Å². The first-order valence-corrected chi connectivity index (χ1v) is 8.18. The van der Waals surface area contributed by atoms with E-state index in [9.17, 15) is 4.79 Å². The molecular formula is C19H22ClNO2. The summed E-state index contributed by atoms with van der Waals surface area (Å²) in [5.74, 6) is 0.481. The molecule has 0 saturated heterocycles. The van der Waals surface area contributed by atoms with Crippen LogP contribution in [-0.4, -0.2) is 18.6 Å². The molecule has 0 heterocycles. The molecule has 0 radical (unpaired) electrons. The zero-order valence-corrected chi connectivity index (χ0v) is 14.3. The summed E-state index contributed by atoms with van der Waals surface area (Å²) < 4.78 is 5.59. The van der Waals surface area contributed by atoms with Crippen molar-refractivity contribution < 1.29 is 9.53 Å². The van der Waals surface area contributed by atoms with E-state index in [2.05, 4.69) is 36.5 Å². The van der Waals surface area contributed by atoms with Gasteiger partial charge < -0.3 is 10.1 Å². The molecule has 0 fully saturated rings. The summed E-state index contributed by atoms with van der Waals surface area (Å²) >= 11 is 5.90. The van der Waals surface area contributed by atoms with Crippen LogP contribution in [0.1, 0.15) is 24.5 Å². The van der Waals surface area contributed by atoms with E-state index < -0.39 is 6.10 Å². The topological polar surface area (TPSA) is 38.3 Å². The Kier molecular flexibility index (Phi) is 6.48. The first-order chi connectivity index (χ1) is 11.0. The molecule has 0 saturated carbocycles. The normalized spacial score (nSPS) is 11.8. The first-order valence-electron chi connectivity index (χ1n) is 7.80. The Hall–Kier alpha value is -2.00. The highest BCUT2D eigenvalue weighted by atomic mass is 35.5. The van der Waals surface area contributed by atoms with Gasteiger partial charge >= 0.3 is 0 Å². The minimum atomic E-state index is -0.549. The molecule has 1 atom stereocenters. The van der Waals surface area contributed by atoms with Gasteiger partial charge in [0.2, 0.25) is 0 Å². The molecule has 0 aromatic heterocycles. The largest absolute Gasteiger partial charge is 0.481 e. The fraction of sp³-hybridized carbons (Fsp3) is 0.316. The zero-order valence-electron chi connectivity index (χ0n) is 13.5. The highest BCUT2D eigenvalue weighted by Crippen LogP contribution is 2.18. The first kappa shape index (κ1) is 17.4. The van der Waals surface area contributed by atoms with Crippen LogP contribution in [0.5, 0.6) is 5.75 Å². The number of amides is 1. The number of carbonyl (C=O) groups excluding carboxylic acids is 1. The molecule has 0 bridgehead atoms. The Morgan fingerprint density at radius 2 is 2.00 bits per heavy atom. The fourth-order valence-corrected chi connectivity index (χ4v) is 2.49. The van der Waals surface area contributed by atoms with Crippen molar-refractivity contribution in [2.45, 2.75) is 32.8 Å². The predicted octanol–water partition coefficient (Wildman–Crippen LogP) is 4.16. The molecule has 23 heavy (non-hydrogen) atoms. The van der Waals surface area contributed by atoms with Crippen LogP contribution in [0.25, 0.3) is 0 Å². The van der Waals surface area contributed by atoms with E-state index in [1.165, 1.54) is 11.1 Å². The Labute approximate surface area is 142 Å². The molecule has 0 aliphatic carbocycles. The smallest absolute Gasteiger partial charge is 0.260 e. The molecule has 2 rings (SSSR count). The summed E-state index contributed by atoms with van der Waals surface area (Å²) in [7, 11) is 0. The molecule has 1 amide bonds. The van der Waals surface area contributed by atoms with Gasteiger partial charge in [-0.2, -0.15) is 0 Å². The van der Waals surface area contributed by atoms with Crippen molar-refractivity contribution in [3.8, 4) is 5.75 Å². The second-order valence-electron chi connectivity index (χ2n) is 5.60. The van der Waals surface area contributed by atoms with Gasteiger partial charge in [0, 0.05) is 11.6 Å². The van der Waals surface area contributed by atoms with Crippen molar-refractivity contribution in [1.29, 1.82) is 0 Å². The highest BCUT2D eigenvalue weighted by Gasteiger charge is 2.13. The van der Waals surface area contributed by atoms with Crippen LogP contribution in [0.15, 0.2) is 48.5 Å². The average molecular weight is 332 g/mol. The Morgan fingerprint density at radius 3 is 2.74 bits per heavy atom. The Bertz CT molecular complexity index is 657. The van der Waals surface area contributed by atoms with E-state index in [1.807, 2.05) is 0 Å². The lowest BCUT2D eigenvalue weighted by Gasteiger charge is -2.15. The molecule has 2 aromatic carbocycles. The quantitative estimate of drug-likeness (QED) is 0.773. The molecule has 0 spiro atoms. The molecule has 4 heteroatoms. The molecule has 0 aliphatic rings. The molecular weight excluding hydrogens is 310 g/mol. The summed E-state index contributed by atoms with van der Waals surface area (Å²) in [4.78, 5) is 12.0. The van der Waals surface area contributed by atoms with Crippen molar-refractivity contribution >= 4 is 17.5 Å². The van der Waals surface area contributed by atoms with Gasteiger partial charge in [0.1, 0.15) is 5.75 Å². The summed E-state index contributed by atoms with van der Waals surface area (Å²) in [6.07, 6.45) is 1.30. The van der Waals surface area contributed by atoms with Gasteiger partial charge in [-0.05, 0) is 50.5 Å². The van der Waals surface area contributed by atoms with Crippen molar-refractivity contribution in [2.24, 2.45) is 0 Å². The summed E-state index contributed by atoms with van der Waals surface area (Å²) in [6.45, 7) is 4.45. The van der Waals surface area contributed by atoms with Gasteiger partial charge in [-0.1, -0.05) is 47.5 Å². The number of benzene rings is 2. The lowest BCUT2D eigenvalue weighted by molar-refractivity contribution is -0.127. The summed E-state index contributed by atoms with van der Waals surface area (Å²) in [5.41, 5.74) is 2.55. The van der Waals surface area contributed by atoms with Gasteiger partial charge in [0.15, 0.2) is 6.10 Å². The summed E-state index contributed by atoms with van der Waals surface area (Å²) in [6, 6.07) is 15.5. The van der Waals surface area contributed by atoms with E-state index in [-0.39, 0.29) is 5.91 Å². The van der Waals surface area contributed by atoms with E-state index >= 15 is 0 Å². The third-order valence-corrected chi connectivity index (χ3v) is 3.74. The monoisotopic (exact) mass is 331 g/mol. The maximum Gasteiger partial charge on any atom is 0.260 e. The maximum absolute atomic E-state index is 12.0. The third kappa shape index (κ3) is 5.95. The number of nitrogens with one attached hydrogen (secondary N) is 1. The van der Waals surface area contributed by atoms with E-state index in [0.29, 0.717) is 17.3 Å². The SMILES string of the molecule is Cc1cccc(CCCNC(=O)[C@@H](C)Oc2cccc(Cl)c2)c1. The standard InChI is InChI=1S/C19H22ClNO2/c1-14-6-3-7-16(12-14)8-5-11-21-19(22)15(2)23-18-10-4-9-17(20)13-18/h3-4,6-7,9-10,12-13,15H,5,8,11H2,1-2H3,(H,21,22)/t15-/m1/s1. The number of rotatable bonds is 7. The molecule has 0 aliphatic heterocycles. The van der Waals surface area contributed by atoms with Gasteiger partial charge in [0.25, 0.3) is 5.91 Å². The maximum atomic E-state index is 12.0.